The number of hydrogen-bond acceptors (Lipinski definition) is 7. The number of nitrogen functional groups attached to an aromatic ring is 2. The molecule has 0 atom stereocenters. The molecule has 2 rings (SSSR count). The third kappa shape index (κ3) is 2.47. The first-order chi connectivity index (χ1) is 7.87. The quantitative estimate of drug-likeness (QED) is 0.419. The van der Waals surface area contributed by atoms with E-state index in [2.05, 4.69) is 9.27 Å². The molecule has 1 aromatic rings. The van der Waals surface area contributed by atoms with Crippen LogP contribution in [0.3, 0.4) is 0 Å². The average Bonchev–Trinajstić information content (AvgIpc) is 2.07. The molecule has 94 valence electrons. The topological polar surface area (TPSA) is 136 Å². The average molecular weight is 262 g/mol. The lowest BCUT2D eigenvalue weighted by Gasteiger charge is -2.30. The summed E-state index contributed by atoms with van der Waals surface area (Å²) in [7, 11) is -4.70. The van der Waals surface area contributed by atoms with Crippen molar-refractivity contribution in [3.05, 3.63) is 6.07 Å². The minimum Gasteiger partial charge on any atom is -0.346 e. The van der Waals surface area contributed by atoms with E-state index < -0.39 is 10.4 Å². The molecule has 1 fully saturated rings. The second kappa shape index (κ2) is 3.89. The standard InChI is InChI=1S/C7H11N5O4S/c8-5-4-6(11-2-1-3-11)10-7(9)12(5)16-17(13,14)15/h4H,1-3H2,(H4,8,9,10,13,14,15)/p+1. The van der Waals surface area contributed by atoms with Crippen LogP contribution in [0.4, 0.5) is 17.6 Å². The lowest BCUT2D eigenvalue weighted by Crippen LogP contribution is -2.51. The molecule has 1 saturated heterocycles. The van der Waals surface area contributed by atoms with E-state index in [4.69, 9.17) is 16.0 Å². The Kier molecular flexibility index (Phi) is 2.67. The summed E-state index contributed by atoms with van der Waals surface area (Å²) in [5.41, 5.74) is 11.1. The third-order valence-corrected chi connectivity index (χ3v) is 2.63. The second-order valence-electron chi connectivity index (χ2n) is 3.53. The predicted octanol–water partition coefficient (Wildman–Crippen LogP) is -2.02. The van der Waals surface area contributed by atoms with Crippen molar-refractivity contribution in [3.63, 3.8) is 0 Å². The highest BCUT2D eigenvalue weighted by Crippen LogP contribution is 2.19. The van der Waals surface area contributed by atoms with Crippen molar-refractivity contribution >= 4 is 28.0 Å². The van der Waals surface area contributed by atoms with Gasteiger partial charge in [-0.2, -0.15) is 8.42 Å². The van der Waals surface area contributed by atoms with Gasteiger partial charge in [0.2, 0.25) is 5.82 Å². The van der Waals surface area contributed by atoms with E-state index in [0.717, 1.165) is 19.5 Å². The van der Waals surface area contributed by atoms with Crippen molar-refractivity contribution in [2.75, 3.05) is 29.5 Å². The molecule has 2 heterocycles. The van der Waals surface area contributed by atoms with Gasteiger partial charge in [-0.15, -0.1) is 0 Å². The summed E-state index contributed by atoms with van der Waals surface area (Å²) in [6.45, 7) is 1.68. The van der Waals surface area contributed by atoms with Crippen LogP contribution in [0.15, 0.2) is 6.07 Å². The Labute approximate surface area is 97.5 Å². The fourth-order valence-electron chi connectivity index (χ4n) is 1.40. The number of hydrogen-bond donors (Lipinski definition) is 3. The lowest BCUT2D eigenvalue weighted by atomic mass is 10.2. The van der Waals surface area contributed by atoms with Crippen LogP contribution in [0, 0.1) is 0 Å². The Morgan fingerprint density at radius 3 is 2.53 bits per heavy atom. The maximum Gasteiger partial charge on any atom is 0.474 e. The van der Waals surface area contributed by atoms with E-state index in [0.29, 0.717) is 10.5 Å². The van der Waals surface area contributed by atoms with Crippen LogP contribution >= 0.6 is 0 Å². The van der Waals surface area contributed by atoms with Gasteiger partial charge in [-0.25, -0.2) is 4.28 Å². The molecule has 5 N–H and O–H groups in total. The zero-order valence-electron chi connectivity index (χ0n) is 8.78. The Balaban J connectivity index is 2.35. The summed E-state index contributed by atoms with van der Waals surface area (Å²) in [6.07, 6.45) is 1.05. The highest BCUT2D eigenvalue weighted by atomic mass is 32.3. The summed E-state index contributed by atoms with van der Waals surface area (Å²) in [4.78, 5) is 5.85. The van der Waals surface area contributed by atoms with Crippen LogP contribution in [0.2, 0.25) is 0 Å². The molecule has 0 unspecified atom stereocenters. The minimum atomic E-state index is -4.70. The minimum absolute atomic E-state index is 0.0722. The smallest absolute Gasteiger partial charge is 0.346 e. The monoisotopic (exact) mass is 262 g/mol. The molecule has 0 saturated carbocycles. The Bertz CT molecular complexity index is 518. The van der Waals surface area contributed by atoms with Crippen LogP contribution in [0.25, 0.3) is 0 Å². The number of rotatable bonds is 3. The van der Waals surface area contributed by atoms with Gasteiger partial charge < -0.3 is 16.4 Å². The maximum atomic E-state index is 10.6. The van der Waals surface area contributed by atoms with E-state index >= 15 is 0 Å². The Morgan fingerprint density at radius 1 is 1.47 bits per heavy atom. The highest BCUT2D eigenvalue weighted by molar-refractivity contribution is 7.80. The molecule has 0 aromatic carbocycles. The van der Waals surface area contributed by atoms with E-state index in [1.165, 1.54) is 6.07 Å². The molecule has 0 spiro atoms. The van der Waals surface area contributed by atoms with Gasteiger partial charge >= 0.3 is 16.3 Å². The van der Waals surface area contributed by atoms with Crippen LogP contribution in [-0.2, 0) is 10.4 Å². The second-order valence-corrected chi connectivity index (χ2v) is 4.54. The van der Waals surface area contributed by atoms with Crippen molar-refractivity contribution in [1.29, 1.82) is 0 Å². The van der Waals surface area contributed by atoms with Gasteiger partial charge in [-0.05, 0) is 11.2 Å². The van der Waals surface area contributed by atoms with Crippen LogP contribution in [0.5, 0.6) is 0 Å². The van der Waals surface area contributed by atoms with Gasteiger partial charge in [-0.3, -0.25) is 4.55 Å². The van der Waals surface area contributed by atoms with E-state index in [1.54, 1.807) is 0 Å². The Hall–Kier alpha value is -1.81. The molecule has 1 aliphatic heterocycles. The molecule has 17 heavy (non-hydrogen) atoms. The number of nitrogens with zero attached hydrogens (tertiary/aromatic N) is 3. The maximum absolute atomic E-state index is 10.6. The van der Waals surface area contributed by atoms with Gasteiger partial charge in [0, 0.05) is 13.1 Å². The first kappa shape index (κ1) is 11.7. The first-order valence-corrected chi connectivity index (χ1v) is 6.14. The SMILES string of the molecule is Nc1cc(N2CCC2)nc(N)[n+]1OS(=O)(=O)O. The van der Waals surface area contributed by atoms with E-state index in [-0.39, 0.29) is 11.8 Å². The molecule has 9 nitrogen and oxygen atoms in total. The van der Waals surface area contributed by atoms with E-state index in [1.807, 2.05) is 4.90 Å². The molecule has 1 aliphatic rings. The lowest BCUT2D eigenvalue weighted by molar-refractivity contribution is -0.835. The summed E-state index contributed by atoms with van der Waals surface area (Å²) >= 11 is 0. The van der Waals surface area contributed by atoms with E-state index in [9.17, 15) is 8.42 Å². The summed E-state index contributed by atoms with van der Waals surface area (Å²) in [5, 5.41) is 0. The number of aromatic nitrogens is 2. The zero-order chi connectivity index (χ0) is 12.6. The summed E-state index contributed by atoms with van der Waals surface area (Å²) in [5.74, 6) is 0.211. The van der Waals surface area contributed by atoms with Gasteiger partial charge in [0.1, 0.15) is 0 Å². The van der Waals surface area contributed by atoms with Crippen LogP contribution in [0.1, 0.15) is 6.42 Å². The normalized spacial score (nSPS) is 15.5. The fraction of sp³-hybridized carbons (Fsp3) is 0.429. The van der Waals surface area contributed by atoms with Gasteiger partial charge in [-0.1, -0.05) is 4.98 Å². The highest BCUT2D eigenvalue weighted by Gasteiger charge is 2.24. The van der Waals surface area contributed by atoms with Crippen molar-refractivity contribution in [1.82, 2.24) is 4.98 Å². The van der Waals surface area contributed by atoms with Crippen molar-refractivity contribution in [2.45, 2.75) is 6.42 Å². The molecule has 0 amide bonds. The summed E-state index contributed by atoms with van der Waals surface area (Å²) in [6, 6.07) is 1.42. The molecule has 0 radical (unpaired) electrons. The van der Waals surface area contributed by atoms with Crippen molar-refractivity contribution in [2.24, 2.45) is 0 Å². The summed E-state index contributed by atoms with van der Waals surface area (Å²) < 4.78 is 34.3. The molecule has 0 bridgehead atoms. The van der Waals surface area contributed by atoms with Crippen molar-refractivity contribution in [3.8, 4) is 0 Å². The van der Waals surface area contributed by atoms with Crippen molar-refractivity contribution < 1.29 is 22.0 Å². The number of nitrogens with two attached hydrogens (primary N) is 2. The van der Waals surface area contributed by atoms with Gasteiger partial charge in [0.25, 0.3) is 0 Å². The molecule has 1 aromatic heterocycles. The molecule has 10 heteroatoms. The zero-order valence-corrected chi connectivity index (χ0v) is 9.59. The number of anilines is 3. The first-order valence-electron chi connectivity index (χ1n) is 4.77. The third-order valence-electron chi connectivity index (χ3n) is 2.30. The molecular weight excluding hydrogens is 250 g/mol. The largest absolute Gasteiger partial charge is 0.474 e. The molecule has 0 aliphatic carbocycles. The van der Waals surface area contributed by atoms with Crippen LogP contribution < -0.4 is 25.4 Å². The Morgan fingerprint density at radius 2 is 2.12 bits per heavy atom. The van der Waals surface area contributed by atoms with Crippen LogP contribution in [-0.4, -0.2) is 31.0 Å². The molecular formula is C7H12N5O4S+. The van der Waals surface area contributed by atoms with Gasteiger partial charge in [0.15, 0.2) is 5.82 Å². The van der Waals surface area contributed by atoms with Gasteiger partial charge in [0.05, 0.1) is 6.07 Å². The fourth-order valence-corrected chi connectivity index (χ4v) is 1.75. The predicted molar refractivity (Wildman–Crippen MR) is 58.2 cm³/mol.